The number of carbonyl (C=O) groups excluding carboxylic acids is 1. The van der Waals surface area contributed by atoms with Crippen LogP contribution in [0.2, 0.25) is 0 Å². The second-order valence-corrected chi connectivity index (χ2v) is 2.70. The monoisotopic (exact) mass is 197 g/mol. The molecule has 0 saturated heterocycles. The Kier molecular flexibility index (Phi) is 3.59. The van der Waals surface area contributed by atoms with E-state index in [2.05, 4.69) is 4.74 Å². The number of carbonyl (C=O) groups is 1. The van der Waals surface area contributed by atoms with Crippen molar-refractivity contribution in [1.29, 1.82) is 0 Å². The molecule has 0 saturated carbocycles. The summed E-state index contributed by atoms with van der Waals surface area (Å²) in [6.45, 7) is 1.97. The summed E-state index contributed by atoms with van der Waals surface area (Å²) in [5.74, 6) is -1.24. The molecule has 1 rings (SSSR count). The smallest absolute Gasteiger partial charge is 0.341 e. The van der Waals surface area contributed by atoms with Gasteiger partial charge in [0.2, 0.25) is 0 Å². The van der Waals surface area contributed by atoms with Crippen LogP contribution in [0, 0.1) is 5.82 Å². The van der Waals surface area contributed by atoms with Gasteiger partial charge in [-0.2, -0.15) is 0 Å². The summed E-state index contributed by atoms with van der Waals surface area (Å²) in [7, 11) is 0. The number of benzene rings is 1. The average molecular weight is 197 g/mol. The third kappa shape index (κ3) is 2.09. The number of hydrogen-bond donors (Lipinski definition) is 1. The van der Waals surface area contributed by atoms with Crippen molar-refractivity contribution in [2.45, 2.75) is 13.5 Å². The fourth-order valence-electron chi connectivity index (χ4n) is 1.10. The van der Waals surface area contributed by atoms with E-state index < -0.39 is 11.8 Å². The number of esters is 1. The Morgan fingerprint density at radius 2 is 2.29 bits per heavy atom. The zero-order valence-corrected chi connectivity index (χ0v) is 7.92. The quantitative estimate of drug-likeness (QED) is 0.746. The van der Waals surface area contributed by atoms with Crippen molar-refractivity contribution in [2.75, 3.05) is 6.61 Å². The molecule has 0 amide bonds. The van der Waals surface area contributed by atoms with Crippen LogP contribution in [0.1, 0.15) is 22.8 Å². The zero-order chi connectivity index (χ0) is 10.6. The van der Waals surface area contributed by atoms with E-state index in [0.717, 1.165) is 0 Å². The predicted octanol–water partition coefficient (Wildman–Crippen LogP) is 1.46. The van der Waals surface area contributed by atoms with Crippen LogP contribution in [-0.2, 0) is 11.3 Å². The SMILES string of the molecule is CCOC(=O)c1cccc(CN)c1F. The van der Waals surface area contributed by atoms with Gasteiger partial charge >= 0.3 is 5.97 Å². The van der Waals surface area contributed by atoms with Gasteiger partial charge in [0.1, 0.15) is 5.82 Å². The van der Waals surface area contributed by atoms with E-state index in [-0.39, 0.29) is 18.7 Å². The normalized spacial score (nSPS) is 9.93. The molecule has 2 N–H and O–H groups in total. The zero-order valence-electron chi connectivity index (χ0n) is 7.92. The van der Waals surface area contributed by atoms with Crippen LogP contribution in [0.4, 0.5) is 4.39 Å². The lowest BCUT2D eigenvalue weighted by atomic mass is 10.1. The van der Waals surface area contributed by atoms with E-state index in [4.69, 9.17) is 5.73 Å². The van der Waals surface area contributed by atoms with Crippen LogP contribution in [0.15, 0.2) is 18.2 Å². The van der Waals surface area contributed by atoms with Crippen LogP contribution in [0.25, 0.3) is 0 Å². The average Bonchev–Trinajstić information content (AvgIpc) is 2.18. The Balaban J connectivity index is 3.03. The van der Waals surface area contributed by atoms with Crippen molar-refractivity contribution in [2.24, 2.45) is 5.73 Å². The Hall–Kier alpha value is -1.42. The van der Waals surface area contributed by atoms with Crippen molar-refractivity contribution in [3.63, 3.8) is 0 Å². The van der Waals surface area contributed by atoms with Gasteiger partial charge in [-0.1, -0.05) is 12.1 Å². The lowest BCUT2D eigenvalue weighted by molar-refractivity contribution is 0.0521. The van der Waals surface area contributed by atoms with Crippen LogP contribution >= 0.6 is 0 Å². The molecule has 0 radical (unpaired) electrons. The van der Waals surface area contributed by atoms with Crippen molar-refractivity contribution < 1.29 is 13.9 Å². The van der Waals surface area contributed by atoms with E-state index in [0.29, 0.717) is 5.56 Å². The third-order valence-electron chi connectivity index (χ3n) is 1.79. The number of nitrogens with two attached hydrogens (primary N) is 1. The molecular weight excluding hydrogens is 185 g/mol. The number of hydrogen-bond acceptors (Lipinski definition) is 3. The molecule has 0 aliphatic heterocycles. The molecule has 0 aliphatic rings. The van der Waals surface area contributed by atoms with Gasteiger partial charge in [-0.05, 0) is 13.0 Å². The van der Waals surface area contributed by atoms with Gasteiger partial charge in [0, 0.05) is 12.1 Å². The molecule has 0 bridgehead atoms. The molecule has 0 heterocycles. The Labute approximate surface area is 81.7 Å². The summed E-state index contributed by atoms with van der Waals surface area (Å²) in [6.07, 6.45) is 0. The highest BCUT2D eigenvalue weighted by molar-refractivity contribution is 5.89. The molecule has 0 aromatic heterocycles. The van der Waals surface area contributed by atoms with Gasteiger partial charge in [0.25, 0.3) is 0 Å². The first-order valence-corrected chi connectivity index (χ1v) is 4.35. The van der Waals surface area contributed by atoms with Crippen molar-refractivity contribution in [3.05, 3.63) is 35.1 Å². The minimum absolute atomic E-state index is 0.0604. The Morgan fingerprint density at radius 3 is 2.86 bits per heavy atom. The summed E-state index contributed by atoms with van der Waals surface area (Å²) in [6, 6.07) is 4.50. The van der Waals surface area contributed by atoms with Gasteiger partial charge in [-0.15, -0.1) is 0 Å². The first kappa shape index (κ1) is 10.7. The molecule has 0 aliphatic carbocycles. The van der Waals surface area contributed by atoms with Crippen LogP contribution in [0.5, 0.6) is 0 Å². The van der Waals surface area contributed by atoms with E-state index in [1.165, 1.54) is 12.1 Å². The minimum Gasteiger partial charge on any atom is -0.462 e. The Bertz CT molecular complexity index is 339. The number of ether oxygens (including phenoxy) is 1. The topological polar surface area (TPSA) is 52.3 Å². The highest BCUT2D eigenvalue weighted by Crippen LogP contribution is 2.13. The highest BCUT2D eigenvalue weighted by Gasteiger charge is 2.14. The second-order valence-electron chi connectivity index (χ2n) is 2.70. The standard InChI is InChI=1S/C10H12FNO2/c1-2-14-10(13)8-5-3-4-7(6-12)9(8)11/h3-5H,2,6,12H2,1H3. The first-order chi connectivity index (χ1) is 6.70. The summed E-state index contributed by atoms with van der Waals surface area (Å²) in [5.41, 5.74) is 5.56. The molecule has 0 fully saturated rings. The van der Waals surface area contributed by atoms with Crippen molar-refractivity contribution in [1.82, 2.24) is 0 Å². The van der Waals surface area contributed by atoms with Crippen LogP contribution in [-0.4, -0.2) is 12.6 Å². The third-order valence-corrected chi connectivity index (χ3v) is 1.79. The van der Waals surface area contributed by atoms with Gasteiger partial charge in [-0.3, -0.25) is 0 Å². The molecular formula is C10H12FNO2. The molecule has 4 heteroatoms. The molecule has 3 nitrogen and oxygen atoms in total. The molecule has 0 unspecified atom stereocenters. The van der Waals surface area contributed by atoms with Gasteiger partial charge in [0.15, 0.2) is 0 Å². The maximum Gasteiger partial charge on any atom is 0.341 e. The van der Waals surface area contributed by atoms with E-state index >= 15 is 0 Å². The molecule has 76 valence electrons. The molecule has 14 heavy (non-hydrogen) atoms. The van der Waals surface area contributed by atoms with Crippen LogP contribution < -0.4 is 5.73 Å². The molecule has 1 aromatic rings. The van der Waals surface area contributed by atoms with E-state index in [1.54, 1.807) is 13.0 Å². The van der Waals surface area contributed by atoms with Crippen molar-refractivity contribution in [3.8, 4) is 0 Å². The van der Waals surface area contributed by atoms with E-state index in [1.807, 2.05) is 0 Å². The Morgan fingerprint density at radius 1 is 1.57 bits per heavy atom. The number of rotatable bonds is 3. The minimum atomic E-state index is -0.653. The fourth-order valence-corrected chi connectivity index (χ4v) is 1.10. The van der Waals surface area contributed by atoms with E-state index in [9.17, 15) is 9.18 Å². The summed E-state index contributed by atoms with van der Waals surface area (Å²) in [4.78, 5) is 11.2. The van der Waals surface area contributed by atoms with Gasteiger partial charge in [-0.25, -0.2) is 9.18 Å². The summed E-state index contributed by atoms with van der Waals surface area (Å²) >= 11 is 0. The van der Waals surface area contributed by atoms with Gasteiger partial charge < -0.3 is 10.5 Å². The summed E-state index contributed by atoms with van der Waals surface area (Å²) in [5, 5.41) is 0. The summed E-state index contributed by atoms with van der Waals surface area (Å²) < 4.78 is 18.2. The largest absolute Gasteiger partial charge is 0.462 e. The van der Waals surface area contributed by atoms with Crippen molar-refractivity contribution >= 4 is 5.97 Å². The van der Waals surface area contributed by atoms with Crippen LogP contribution in [0.3, 0.4) is 0 Å². The molecule has 0 atom stereocenters. The van der Waals surface area contributed by atoms with Gasteiger partial charge in [0.05, 0.1) is 12.2 Å². The fraction of sp³-hybridized carbons (Fsp3) is 0.300. The lowest BCUT2D eigenvalue weighted by Crippen LogP contribution is -2.10. The predicted molar refractivity (Wildman–Crippen MR) is 50.2 cm³/mol. The maximum absolute atomic E-state index is 13.5. The lowest BCUT2D eigenvalue weighted by Gasteiger charge is -2.05. The number of halogens is 1. The first-order valence-electron chi connectivity index (χ1n) is 4.35. The molecule has 0 spiro atoms. The maximum atomic E-state index is 13.5. The molecule has 1 aromatic carbocycles. The highest BCUT2D eigenvalue weighted by atomic mass is 19.1. The second kappa shape index (κ2) is 4.72.